The van der Waals surface area contributed by atoms with Gasteiger partial charge in [0.2, 0.25) is 0 Å². The van der Waals surface area contributed by atoms with Gasteiger partial charge in [-0.1, -0.05) is 0 Å². The van der Waals surface area contributed by atoms with Crippen LogP contribution >= 0.6 is 11.3 Å². The molecule has 20 heavy (non-hydrogen) atoms. The molecule has 2 aromatic heterocycles. The van der Waals surface area contributed by atoms with E-state index in [1.165, 1.54) is 11.3 Å². The minimum absolute atomic E-state index is 0.0516. The number of carbonyl (C=O) groups is 1. The van der Waals surface area contributed by atoms with E-state index in [0.29, 0.717) is 21.9 Å². The van der Waals surface area contributed by atoms with E-state index in [2.05, 4.69) is 15.1 Å². The van der Waals surface area contributed by atoms with Gasteiger partial charge < -0.3 is 15.5 Å². The Bertz CT molecular complexity index is 610. The molecule has 0 atom stereocenters. The largest absolute Gasteiger partial charge is 0.397 e. The van der Waals surface area contributed by atoms with Gasteiger partial charge in [-0.05, 0) is 33.1 Å². The van der Waals surface area contributed by atoms with Crippen molar-refractivity contribution in [3.63, 3.8) is 0 Å². The van der Waals surface area contributed by atoms with Crippen LogP contribution in [0.2, 0.25) is 0 Å². The highest BCUT2D eigenvalue weighted by atomic mass is 32.1. The molecule has 6 nitrogen and oxygen atoms in total. The molecule has 0 aliphatic heterocycles. The van der Waals surface area contributed by atoms with Gasteiger partial charge in [0.05, 0.1) is 11.9 Å². The summed E-state index contributed by atoms with van der Waals surface area (Å²) in [6.45, 7) is 1.65. The third kappa shape index (κ3) is 3.05. The number of fused-ring (bicyclic) bond motifs is 1. The second-order valence-electron chi connectivity index (χ2n) is 4.98. The number of nitrogens with zero attached hydrogens (tertiary/aromatic N) is 4. The van der Waals surface area contributed by atoms with Crippen LogP contribution in [0, 0.1) is 0 Å². The molecule has 0 saturated carbocycles. The minimum atomic E-state index is -0.0516. The Labute approximate surface area is 122 Å². The number of hydrogen-bond donors (Lipinski definition) is 1. The predicted molar refractivity (Wildman–Crippen MR) is 82.0 cm³/mol. The minimum Gasteiger partial charge on any atom is -0.397 e. The van der Waals surface area contributed by atoms with E-state index >= 15 is 0 Å². The molecule has 0 bridgehead atoms. The summed E-state index contributed by atoms with van der Waals surface area (Å²) in [5.74, 6) is -0.0516. The molecule has 1 amide bonds. The predicted octanol–water partition coefficient (Wildman–Crippen LogP) is 1.30. The maximum Gasteiger partial charge on any atom is 0.265 e. The Hall–Kier alpha value is -1.73. The molecular formula is C13H19N5OS. The van der Waals surface area contributed by atoms with Crippen LogP contribution in [-0.2, 0) is 0 Å². The maximum absolute atomic E-state index is 12.4. The average Bonchev–Trinajstić information content (AvgIpc) is 2.75. The SMILES string of the molecule is CN(C)CCCN(C)C(=O)c1sc2nnccc2c1N. The van der Waals surface area contributed by atoms with E-state index in [0.717, 1.165) is 18.4 Å². The molecular weight excluding hydrogens is 274 g/mol. The molecule has 0 radical (unpaired) electrons. The molecule has 0 aromatic carbocycles. The number of amides is 1. The number of carbonyl (C=O) groups excluding carboxylic acids is 1. The van der Waals surface area contributed by atoms with Crippen molar-refractivity contribution >= 4 is 33.1 Å². The summed E-state index contributed by atoms with van der Waals surface area (Å²) >= 11 is 1.30. The van der Waals surface area contributed by atoms with E-state index < -0.39 is 0 Å². The van der Waals surface area contributed by atoms with Crippen molar-refractivity contribution in [2.75, 3.05) is 40.0 Å². The van der Waals surface area contributed by atoms with Gasteiger partial charge in [0.25, 0.3) is 5.91 Å². The summed E-state index contributed by atoms with van der Waals surface area (Å²) in [4.78, 5) is 17.5. The standard InChI is InChI=1S/C13H19N5OS/c1-17(2)7-4-8-18(3)13(19)11-10(14)9-5-6-15-16-12(9)20-11/h5-6H,4,7-8,14H2,1-3H3. The fraction of sp³-hybridized carbons (Fsp3) is 0.462. The second kappa shape index (κ2) is 6.15. The molecule has 2 aromatic rings. The Balaban J connectivity index is 2.12. The van der Waals surface area contributed by atoms with Crippen molar-refractivity contribution in [2.45, 2.75) is 6.42 Å². The molecule has 0 spiro atoms. The topological polar surface area (TPSA) is 75.3 Å². The van der Waals surface area contributed by atoms with Crippen molar-refractivity contribution < 1.29 is 4.79 Å². The van der Waals surface area contributed by atoms with Crippen molar-refractivity contribution in [3.8, 4) is 0 Å². The molecule has 2 N–H and O–H groups in total. The van der Waals surface area contributed by atoms with Gasteiger partial charge in [-0.25, -0.2) is 0 Å². The summed E-state index contributed by atoms with van der Waals surface area (Å²) in [7, 11) is 5.84. The zero-order valence-electron chi connectivity index (χ0n) is 12.0. The van der Waals surface area contributed by atoms with Crippen LogP contribution in [0.4, 0.5) is 5.69 Å². The molecule has 7 heteroatoms. The summed E-state index contributed by atoms with van der Waals surface area (Å²) in [6.07, 6.45) is 2.51. The third-order valence-electron chi connectivity index (χ3n) is 3.06. The summed E-state index contributed by atoms with van der Waals surface area (Å²) in [5.41, 5.74) is 6.55. The number of rotatable bonds is 5. The zero-order chi connectivity index (χ0) is 14.7. The van der Waals surface area contributed by atoms with E-state index in [9.17, 15) is 4.79 Å². The van der Waals surface area contributed by atoms with Crippen molar-refractivity contribution in [3.05, 3.63) is 17.1 Å². The first kappa shape index (κ1) is 14.7. The second-order valence-corrected chi connectivity index (χ2v) is 5.98. The van der Waals surface area contributed by atoms with Crippen molar-refractivity contribution in [1.82, 2.24) is 20.0 Å². The zero-order valence-corrected chi connectivity index (χ0v) is 12.8. The third-order valence-corrected chi connectivity index (χ3v) is 4.15. The van der Waals surface area contributed by atoms with Crippen LogP contribution in [0.3, 0.4) is 0 Å². The Morgan fingerprint density at radius 3 is 2.75 bits per heavy atom. The molecule has 0 unspecified atom stereocenters. The first-order valence-electron chi connectivity index (χ1n) is 6.40. The van der Waals surface area contributed by atoms with E-state index in [-0.39, 0.29) is 5.91 Å². The van der Waals surface area contributed by atoms with Gasteiger partial charge in [0, 0.05) is 19.0 Å². The molecule has 108 valence electrons. The molecule has 0 saturated heterocycles. The Morgan fingerprint density at radius 1 is 1.35 bits per heavy atom. The summed E-state index contributed by atoms with van der Waals surface area (Å²) in [6, 6.07) is 1.79. The van der Waals surface area contributed by atoms with Crippen molar-refractivity contribution in [2.24, 2.45) is 0 Å². The fourth-order valence-electron chi connectivity index (χ4n) is 1.93. The van der Waals surface area contributed by atoms with Crippen LogP contribution < -0.4 is 5.73 Å². The van der Waals surface area contributed by atoms with Crippen molar-refractivity contribution in [1.29, 1.82) is 0 Å². The number of anilines is 1. The van der Waals surface area contributed by atoms with E-state index in [4.69, 9.17) is 5.73 Å². The number of hydrogen-bond acceptors (Lipinski definition) is 6. The quantitative estimate of drug-likeness (QED) is 0.899. The Kier molecular flexibility index (Phi) is 4.51. The highest BCUT2D eigenvalue weighted by Crippen LogP contribution is 2.32. The number of aromatic nitrogens is 2. The lowest BCUT2D eigenvalue weighted by Crippen LogP contribution is -2.29. The number of nitrogens with two attached hydrogens (primary N) is 1. The van der Waals surface area contributed by atoms with Gasteiger partial charge in [-0.15, -0.1) is 16.4 Å². The molecule has 0 aliphatic rings. The molecule has 0 fully saturated rings. The lowest BCUT2D eigenvalue weighted by molar-refractivity contribution is 0.0796. The van der Waals surface area contributed by atoms with Crippen LogP contribution in [0.1, 0.15) is 16.1 Å². The summed E-state index contributed by atoms with van der Waals surface area (Å²) < 4.78 is 0. The van der Waals surface area contributed by atoms with Crippen LogP contribution in [-0.4, -0.2) is 60.1 Å². The van der Waals surface area contributed by atoms with E-state index in [1.54, 1.807) is 24.2 Å². The van der Waals surface area contributed by atoms with Gasteiger partial charge in [0.15, 0.2) is 0 Å². The van der Waals surface area contributed by atoms with Gasteiger partial charge in [0.1, 0.15) is 9.71 Å². The smallest absolute Gasteiger partial charge is 0.265 e. The average molecular weight is 293 g/mol. The molecule has 2 heterocycles. The normalized spacial score (nSPS) is 11.2. The Morgan fingerprint density at radius 2 is 2.10 bits per heavy atom. The van der Waals surface area contributed by atoms with Gasteiger partial charge in [-0.3, -0.25) is 4.79 Å². The lowest BCUT2D eigenvalue weighted by atomic mass is 10.2. The monoisotopic (exact) mass is 293 g/mol. The van der Waals surface area contributed by atoms with Crippen LogP contribution in [0.15, 0.2) is 12.3 Å². The summed E-state index contributed by atoms with van der Waals surface area (Å²) in [5, 5.41) is 8.62. The highest BCUT2D eigenvalue weighted by Gasteiger charge is 2.20. The van der Waals surface area contributed by atoms with Gasteiger partial charge in [-0.2, -0.15) is 5.10 Å². The first-order valence-corrected chi connectivity index (χ1v) is 7.22. The van der Waals surface area contributed by atoms with Crippen LogP contribution in [0.5, 0.6) is 0 Å². The molecule has 2 rings (SSSR count). The van der Waals surface area contributed by atoms with E-state index in [1.807, 2.05) is 14.1 Å². The van der Waals surface area contributed by atoms with Crippen LogP contribution in [0.25, 0.3) is 10.2 Å². The van der Waals surface area contributed by atoms with Gasteiger partial charge >= 0.3 is 0 Å². The highest BCUT2D eigenvalue weighted by molar-refractivity contribution is 7.21. The number of nitrogen functional groups attached to an aromatic ring is 1. The number of thiophene rings is 1. The lowest BCUT2D eigenvalue weighted by Gasteiger charge is -2.18. The first-order chi connectivity index (χ1) is 9.50. The fourth-order valence-corrected chi connectivity index (χ4v) is 2.96. The molecule has 0 aliphatic carbocycles. The maximum atomic E-state index is 12.4.